The summed E-state index contributed by atoms with van der Waals surface area (Å²) >= 11 is 0. The van der Waals surface area contributed by atoms with E-state index in [1.54, 1.807) is 0 Å². The summed E-state index contributed by atoms with van der Waals surface area (Å²) in [5.41, 5.74) is 7.84. The molecule has 3 N–H and O–H groups in total. The van der Waals surface area contributed by atoms with Gasteiger partial charge in [-0.1, -0.05) is 6.07 Å². The van der Waals surface area contributed by atoms with Gasteiger partial charge in [0.05, 0.1) is 24.1 Å². The number of likely N-dealkylation sites (N-methyl/N-ethyl adjacent to an activating group) is 1. The van der Waals surface area contributed by atoms with Gasteiger partial charge in [0.15, 0.2) is 0 Å². The number of ether oxygens (including phenoxy) is 1. The Bertz CT molecular complexity index is 451. The summed E-state index contributed by atoms with van der Waals surface area (Å²) in [5.74, 6) is 0.718. The van der Waals surface area contributed by atoms with Crippen LogP contribution in [0, 0.1) is 0 Å². The number of β-amino-alcohol motifs (C(OH)–C–C–N with tert-alkyl or cyclic N) is 1. The highest BCUT2D eigenvalue weighted by Gasteiger charge is 2.32. The molecule has 2 rings (SSSR count). The van der Waals surface area contributed by atoms with E-state index in [2.05, 4.69) is 9.80 Å². The second-order valence-corrected chi connectivity index (χ2v) is 5.58. The van der Waals surface area contributed by atoms with Crippen LogP contribution in [0.1, 0.15) is 13.3 Å². The monoisotopic (exact) mass is 279 g/mol. The maximum absolute atomic E-state index is 9.98. The van der Waals surface area contributed by atoms with Gasteiger partial charge in [0, 0.05) is 19.1 Å². The predicted octanol–water partition coefficient (Wildman–Crippen LogP) is 1.17. The molecule has 1 heterocycles. The Kier molecular flexibility index (Phi) is 4.73. The number of hydrogen-bond donors (Lipinski definition) is 2. The minimum atomic E-state index is -0.296. The van der Waals surface area contributed by atoms with Crippen LogP contribution < -0.4 is 15.4 Å². The lowest BCUT2D eigenvalue weighted by Gasteiger charge is -2.30. The maximum atomic E-state index is 9.98. The van der Waals surface area contributed by atoms with Crippen molar-refractivity contribution in [3.63, 3.8) is 0 Å². The van der Waals surface area contributed by atoms with Crippen molar-refractivity contribution in [1.82, 2.24) is 4.90 Å². The first-order chi connectivity index (χ1) is 9.52. The number of rotatable bonds is 5. The van der Waals surface area contributed by atoms with E-state index < -0.39 is 0 Å². The van der Waals surface area contributed by atoms with Crippen molar-refractivity contribution in [3.05, 3.63) is 18.2 Å². The summed E-state index contributed by atoms with van der Waals surface area (Å²) in [6.45, 7) is 4.06. The largest absolute Gasteiger partial charge is 0.492 e. The lowest BCUT2D eigenvalue weighted by Crippen LogP contribution is -2.38. The maximum Gasteiger partial charge on any atom is 0.144 e. The van der Waals surface area contributed by atoms with Crippen molar-refractivity contribution in [2.24, 2.45) is 0 Å². The predicted molar refractivity (Wildman–Crippen MR) is 82.3 cm³/mol. The Morgan fingerprint density at radius 3 is 2.85 bits per heavy atom. The van der Waals surface area contributed by atoms with Gasteiger partial charge < -0.3 is 25.4 Å². The van der Waals surface area contributed by atoms with E-state index in [1.807, 2.05) is 39.2 Å². The van der Waals surface area contributed by atoms with E-state index in [0.717, 1.165) is 24.4 Å². The second-order valence-electron chi connectivity index (χ2n) is 5.58. The van der Waals surface area contributed by atoms with Crippen molar-refractivity contribution >= 4 is 11.4 Å². The van der Waals surface area contributed by atoms with Gasteiger partial charge in [-0.3, -0.25) is 0 Å². The summed E-state index contributed by atoms with van der Waals surface area (Å²) in [4.78, 5) is 4.33. The number of nitrogens with two attached hydrogens (primary N) is 1. The lowest BCUT2D eigenvalue weighted by atomic mass is 10.1. The van der Waals surface area contributed by atoms with E-state index in [9.17, 15) is 5.11 Å². The fraction of sp³-hybridized carbons (Fsp3) is 0.600. The minimum absolute atomic E-state index is 0.277. The Hall–Kier alpha value is -1.46. The van der Waals surface area contributed by atoms with Gasteiger partial charge in [0.2, 0.25) is 0 Å². The first-order valence-corrected chi connectivity index (χ1v) is 7.13. The molecule has 1 saturated heterocycles. The van der Waals surface area contributed by atoms with Crippen molar-refractivity contribution in [3.8, 4) is 5.75 Å². The van der Waals surface area contributed by atoms with Gasteiger partial charge in [0.25, 0.3) is 0 Å². The Morgan fingerprint density at radius 2 is 2.20 bits per heavy atom. The van der Waals surface area contributed by atoms with E-state index >= 15 is 0 Å². The van der Waals surface area contributed by atoms with Crippen LogP contribution in [0.5, 0.6) is 5.75 Å². The third-order valence-electron chi connectivity index (χ3n) is 3.62. The Morgan fingerprint density at radius 1 is 1.45 bits per heavy atom. The van der Waals surface area contributed by atoms with Gasteiger partial charge in [-0.25, -0.2) is 0 Å². The number of anilines is 2. The van der Waals surface area contributed by atoms with Crippen LogP contribution in [0.3, 0.4) is 0 Å². The molecule has 5 heteroatoms. The van der Waals surface area contributed by atoms with Crippen molar-refractivity contribution in [2.75, 3.05) is 44.4 Å². The molecule has 0 bridgehead atoms. The zero-order valence-corrected chi connectivity index (χ0v) is 12.5. The second kappa shape index (κ2) is 6.33. The van der Waals surface area contributed by atoms with Crippen LogP contribution in [-0.2, 0) is 0 Å². The smallest absolute Gasteiger partial charge is 0.144 e. The molecule has 0 aromatic heterocycles. The topological polar surface area (TPSA) is 62.0 Å². The quantitative estimate of drug-likeness (QED) is 0.792. The molecular weight excluding hydrogens is 254 g/mol. The number of hydrogen-bond acceptors (Lipinski definition) is 5. The van der Waals surface area contributed by atoms with Crippen LogP contribution in [0.15, 0.2) is 18.2 Å². The fourth-order valence-electron chi connectivity index (χ4n) is 2.85. The van der Waals surface area contributed by atoms with Crippen molar-refractivity contribution < 1.29 is 9.84 Å². The van der Waals surface area contributed by atoms with Crippen LogP contribution in [0.2, 0.25) is 0 Å². The fourth-order valence-corrected chi connectivity index (χ4v) is 2.85. The molecule has 1 fully saturated rings. The number of benzene rings is 1. The number of aliphatic hydroxyl groups is 1. The third-order valence-corrected chi connectivity index (χ3v) is 3.62. The summed E-state index contributed by atoms with van der Waals surface area (Å²) in [6.07, 6.45) is 0.478. The van der Waals surface area contributed by atoms with Gasteiger partial charge in [-0.15, -0.1) is 0 Å². The van der Waals surface area contributed by atoms with E-state index in [-0.39, 0.29) is 12.1 Å². The number of nitrogens with zero attached hydrogens (tertiary/aromatic N) is 2. The van der Waals surface area contributed by atoms with Gasteiger partial charge in [-0.2, -0.15) is 0 Å². The van der Waals surface area contributed by atoms with Crippen LogP contribution in [0.4, 0.5) is 11.4 Å². The molecule has 0 amide bonds. The molecule has 5 nitrogen and oxygen atoms in total. The van der Waals surface area contributed by atoms with E-state index in [4.69, 9.17) is 10.5 Å². The molecule has 112 valence electrons. The van der Waals surface area contributed by atoms with Gasteiger partial charge >= 0.3 is 0 Å². The van der Waals surface area contributed by atoms with E-state index in [1.165, 1.54) is 0 Å². The average Bonchev–Trinajstić information content (AvgIpc) is 2.72. The molecule has 1 aliphatic heterocycles. The highest BCUT2D eigenvalue weighted by Crippen LogP contribution is 2.36. The lowest BCUT2D eigenvalue weighted by molar-refractivity contribution is 0.191. The molecule has 1 aromatic rings. The molecule has 0 saturated carbocycles. The van der Waals surface area contributed by atoms with Gasteiger partial charge in [-0.05, 0) is 39.6 Å². The van der Waals surface area contributed by atoms with Crippen LogP contribution >= 0.6 is 0 Å². The number of para-hydroxylation sites is 1. The molecule has 0 aliphatic carbocycles. The standard InChI is InChI=1S/C15H25N3O2/c1-4-20-14-7-5-6-13(15(14)16)18-10-12(19)8-11(18)9-17(2)3/h5-7,11-12,19H,4,8-10,16H2,1-3H3. The molecule has 1 aromatic carbocycles. The molecule has 0 spiro atoms. The minimum Gasteiger partial charge on any atom is -0.492 e. The van der Waals surface area contributed by atoms with Crippen molar-refractivity contribution in [2.45, 2.75) is 25.5 Å². The van der Waals surface area contributed by atoms with Crippen molar-refractivity contribution in [1.29, 1.82) is 0 Å². The summed E-state index contributed by atoms with van der Waals surface area (Å²) in [6, 6.07) is 6.11. The molecule has 1 aliphatic rings. The highest BCUT2D eigenvalue weighted by atomic mass is 16.5. The number of aliphatic hydroxyl groups excluding tert-OH is 1. The Labute approximate surface area is 120 Å². The molecule has 2 atom stereocenters. The summed E-state index contributed by atoms with van der Waals surface area (Å²) < 4.78 is 5.56. The van der Waals surface area contributed by atoms with Crippen LogP contribution in [0.25, 0.3) is 0 Å². The Balaban J connectivity index is 2.26. The summed E-state index contributed by atoms with van der Waals surface area (Å²) in [5, 5.41) is 9.98. The van der Waals surface area contributed by atoms with Gasteiger partial charge in [0.1, 0.15) is 5.75 Å². The summed E-state index contributed by atoms with van der Waals surface area (Å²) in [7, 11) is 4.09. The number of nitrogen functional groups attached to an aromatic ring is 1. The SMILES string of the molecule is CCOc1cccc(N2CC(O)CC2CN(C)C)c1N. The van der Waals surface area contributed by atoms with Crippen LogP contribution in [-0.4, -0.2) is 55.9 Å². The molecule has 2 unspecified atom stereocenters. The average molecular weight is 279 g/mol. The molecule has 0 radical (unpaired) electrons. The zero-order chi connectivity index (χ0) is 14.7. The normalized spacial score (nSPS) is 22.6. The first kappa shape index (κ1) is 14.9. The highest BCUT2D eigenvalue weighted by molar-refractivity contribution is 5.74. The van der Waals surface area contributed by atoms with E-state index in [0.29, 0.717) is 18.8 Å². The zero-order valence-electron chi connectivity index (χ0n) is 12.5. The first-order valence-electron chi connectivity index (χ1n) is 7.13. The molecule has 20 heavy (non-hydrogen) atoms. The third kappa shape index (κ3) is 3.16. The molecular formula is C15H25N3O2.